The van der Waals surface area contributed by atoms with Crippen LogP contribution in [0.15, 0.2) is 119 Å². The second kappa shape index (κ2) is 20.0. The molecule has 3 heterocycles. The van der Waals surface area contributed by atoms with E-state index in [1.165, 1.54) is 23.3 Å². The molecule has 15 heteroatoms. The number of benzene rings is 2. The summed E-state index contributed by atoms with van der Waals surface area (Å²) in [5.41, 5.74) is 8.62. The average molecular weight is 950 g/mol. The molecule has 4 N–H and O–H groups in total. The third-order valence-corrected chi connectivity index (χ3v) is 14.9. The fourth-order valence-corrected chi connectivity index (χ4v) is 10.9. The lowest BCUT2D eigenvalue weighted by atomic mass is 9.81. The predicted molar refractivity (Wildman–Crippen MR) is 253 cm³/mol. The van der Waals surface area contributed by atoms with Gasteiger partial charge in [0, 0.05) is 70.7 Å². The highest BCUT2D eigenvalue weighted by molar-refractivity contribution is 7.85. The zero-order valence-corrected chi connectivity index (χ0v) is 39.6. The molecule has 0 aromatic heterocycles. The van der Waals surface area contributed by atoms with Gasteiger partial charge in [0.15, 0.2) is 11.5 Å². The van der Waals surface area contributed by atoms with Gasteiger partial charge in [0.2, 0.25) is 11.6 Å². The van der Waals surface area contributed by atoms with Crippen molar-refractivity contribution in [2.45, 2.75) is 121 Å². The standard InChI is InChI=1S/C51H60ClF2N3O8S/c1-49(2)37-17-7-9-19-39(37)56(28-11-5-6-21-45(60)55-35-24-25-36(41(59)31-35)48-51(53,54)47(61)42(32-58)65-48)43(49)26-22-33-15-14-16-34(46(33)52)23-27-44-50(3,4)38-18-8-10-20-40(38)57(44)29-12-13-30-66(62,63)64/h7-10,17-20,22-27,31,36,42,47-48,58,61H,5-6,11-16,21,28-30,32H2,1-4H3,(H-,55,59,60,62,63,64)/p+1. The van der Waals surface area contributed by atoms with Gasteiger partial charge in [-0.3, -0.25) is 14.1 Å². The number of amides is 1. The number of alkyl halides is 2. The third-order valence-electron chi connectivity index (χ3n) is 13.6. The number of unbranched alkanes of at least 4 members (excludes halogenated alkanes) is 3. The number of carbonyl (C=O) groups excluding carboxylic acids is 2. The Balaban J connectivity index is 1.01. The number of aliphatic hydroxyl groups excluding tert-OH is 2. The number of anilines is 1. The Morgan fingerprint density at radius 1 is 0.970 bits per heavy atom. The molecule has 11 nitrogen and oxygen atoms in total. The minimum atomic E-state index is -4.03. The highest BCUT2D eigenvalue weighted by atomic mass is 35.5. The number of rotatable bonds is 17. The van der Waals surface area contributed by atoms with E-state index >= 15 is 0 Å². The van der Waals surface area contributed by atoms with Gasteiger partial charge in [0.25, 0.3) is 10.1 Å². The number of carbonyl (C=O) groups is 2. The smallest absolute Gasteiger partial charge is 0.302 e. The van der Waals surface area contributed by atoms with Gasteiger partial charge in [-0.1, -0.05) is 80.1 Å². The highest BCUT2D eigenvalue weighted by Gasteiger charge is 2.61. The second-order valence-corrected chi connectivity index (χ2v) is 20.8. The molecule has 0 saturated carbocycles. The molecule has 4 unspecified atom stereocenters. The van der Waals surface area contributed by atoms with Crippen LogP contribution >= 0.6 is 11.6 Å². The molecule has 4 atom stereocenters. The van der Waals surface area contributed by atoms with Crippen molar-refractivity contribution in [2.24, 2.45) is 5.92 Å². The van der Waals surface area contributed by atoms with Crippen molar-refractivity contribution in [1.29, 1.82) is 0 Å². The molecule has 0 radical (unpaired) electrons. The molecule has 1 saturated heterocycles. The van der Waals surface area contributed by atoms with Crippen molar-refractivity contribution in [2.75, 3.05) is 30.3 Å². The minimum absolute atomic E-state index is 0.191. The van der Waals surface area contributed by atoms with Crippen molar-refractivity contribution in [3.63, 3.8) is 0 Å². The number of hydrogen-bond acceptors (Lipinski definition) is 8. The summed E-state index contributed by atoms with van der Waals surface area (Å²) in [5, 5.41) is 22.6. The van der Waals surface area contributed by atoms with Gasteiger partial charge in [0.1, 0.15) is 24.9 Å². The SMILES string of the molecule is CC1(C)C(=CC=C2CCCC(C=CC3=[N+](CCCCCC(=O)NC4=CC(=O)C(C5OC(CO)C(O)C5(F)F)C=C4)c4ccccc4C3(C)C)=C2Cl)N(CCCCS(=O)(=O)O)c2ccccc21. The van der Waals surface area contributed by atoms with Crippen molar-refractivity contribution in [3.8, 4) is 0 Å². The molecule has 5 aliphatic rings. The molecule has 1 fully saturated rings. The van der Waals surface area contributed by atoms with E-state index in [9.17, 15) is 41.6 Å². The van der Waals surface area contributed by atoms with Crippen LogP contribution in [-0.4, -0.2) is 94.8 Å². The Bertz CT molecular complexity index is 2560. The van der Waals surface area contributed by atoms with E-state index in [0.717, 1.165) is 83.7 Å². The summed E-state index contributed by atoms with van der Waals surface area (Å²) in [5.74, 6) is -6.36. The zero-order valence-electron chi connectivity index (χ0n) is 38.0. The van der Waals surface area contributed by atoms with Crippen LogP contribution in [0.1, 0.15) is 96.6 Å². The Morgan fingerprint density at radius 3 is 2.41 bits per heavy atom. The van der Waals surface area contributed by atoms with E-state index in [0.29, 0.717) is 25.8 Å². The number of nitrogens with one attached hydrogen (secondary N) is 1. The fourth-order valence-electron chi connectivity index (χ4n) is 10.0. The van der Waals surface area contributed by atoms with Crippen LogP contribution < -0.4 is 10.2 Å². The number of hydrogen-bond donors (Lipinski definition) is 4. The Hall–Kier alpha value is -4.57. The van der Waals surface area contributed by atoms with Crippen molar-refractivity contribution >= 4 is 50.5 Å². The highest BCUT2D eigenvalue weighted by Crippen LogP contribution is 2.48. The summed E-state index contributed by atoms with van der Waals surface area (Å²) in [6, 6.07) is 16.7. The Labute approximate surface area is 391 Å². The molecular weight excluding hydrogens is 888 g/mol. The monoisotopic (exact) mass is 948 g/mol. The van der Waals surface area contributed by atoms with E-state index in [2.05, 4.69) is 97.1 Å². The first-order valence-corrected chi connectivity index (χ1v) is 24.8. The van der Waals surface area contributed by atoms with Gasteiger partial charge in [-0.05, 0) is 93.7 Å². The maximum absolute atomic E-state index is 14.7. The number of halogens is 3. The molecule has 7 rings (SSSR count). The Kier molecular flexibility index (Phi) is 14.9. The van der Waals surface area contributed by atoms with Crippen molar-refractivity contribution < 1.29 is 50.9 Å². The van der Waals surface area contributed by atoms with E-state index in [-0.39, 0.29) is 34.6 Å². The minimum Gasteiger partial charge on any atom is -0.394 e. The lowest BCUT2D eigenvalue weighted by molar-refractivity contribution is -0.438. The molecule has 1 amide bonds. The molecule has 2 aliphatic carbocycles. The van der Waals surface area contributed by atoms with Crippen LogP contribution in [0.4, 0.5) is 20.2 Å². The molecule has 0 spiro atoms. The van der Waals surface area contributed by atoms with Crippen LogP contribution in [0.2, 0.25) is 0 Å². The van der Waals surface area contributed by atoms with E-state index in [4.69, 9.17) is 16.3 Å². The van der Waals surface area contributed by atoms with E-state index in [1.54, 1.807) is 0 Å². The molecule has 3 aliphatic heterocycles. The quantitative estimate of drug-likeness (QED) is 0.0693. The summed E-state index contributed by atoms with van der Waals surface area (Å²) < 4.78 is 68.9. The summed E-state index contributed by atoms with van der Waals surface area (Å²) in [7, 11) is -4.03. The maximum Gasteiger partial charge on any atom is 0.302 e. The number of para-hydroxylation sites is 2. The largest absolute Gasteiger partial charge is 0.394 e. The van der Waals surface area contributed by atoms with Gasteiger partial charge in [0.05, 0.1) is 23.7 Å². The van der Waals surface area contributed by atoms with Crippen molar-refractivity contribution in [1.82, 2.24) is 5.32 Å². The van der Waals surface area contributed by atoms with Crippen LogP contribution in [0.5, 0.6) is 0 Å². The molecule has 0 bridgehead atoms. The first kappa shape index (κ1) is 49.3. The normalized spacial score (nSPS) is 25.6. The van der Waals surface area contributed by atoms with Gasteiger partial charge in [-0.15, -0.1) is 0 Å². The first-order valence-electron chi connectivity index (χ1n) is 22.9. The predicted octanol–water partition coefficient (Wildman–Crippen LogP) is 8.64. The number of nitrogens with zero attached hydrogens (tertiary/aromatic N) is 2. The number of aliphatic hydroxyl groups is 2. The summed E-state index contributed by atoms with van der Waals surface area (Å²) in [6.45, 7) is 9.37. The van der Waals surface area contributed by atoms with E-state index < -0.39 is 52.7 Å². The van der Waals surface area contributed by atoms with Crippen molar-refractivity contribution in [3.05, 3.63) is 130 Å². The zero-order chi connectivity index (χ0) is 47.6. The lowest BCUT2D eigenvalue weighted by Crippen LogP contribution is -2.45. The first-order chi connectivity index (χ1) is 31.3. The average Bonchev–Trinajstić information content (AvgIpc) is 3.73. The van der Waals surface area contributed by atoms with Crippen LogP contribution in [0.3, 0.4) is 0 Å². The van der Waals surface area contributed by atoms with Crippen LogP contribution in [0.25, 0.3) is 0 Å². The van der Waals surface area contributed by atoms with E-state index in [1.807, 2.05) is 18.2 Å². The number of ketones is 1. The Morgan fingerprint density at radius 2 is 1.70 bits per heavy atom. The van der Waals surface area contributed by atoms with Crippen LogP contribution in [0, 0.1) is 5.92 Å². The molecule has 354 valence electrons. The summed E-state index contributed by atoms with van der Waals surface area (Å²) in [4.78, 5) is 28.0. The molecule has 66 heavy (non-hydrogen) atoms. The van der Waals surface area contributed by atoms with Gasteiger partial charge in [-0.2, -0.15) is 13.0 Å². The number of fused-ring (bicyclic) bond motifs is 2. The summed E-state index contributed by atoms with van der Waals surface area (Å²) in [6.07, 6.45) is 12.6. The number of ether oxygens (including phenoxy) is 1. The third kappa shape index (κ3) is 10.3. The maximum atomic E-state index is 14.7. The summed E-state index contributed by atoms with van der Waals surface area (Å²) >= 11 is 7.24. The molecular formula is C51H61ClF2N3O8S+. The molecule has 2 aromatic carbocycles. The lowest BCUT2D eigenvalue weighted by Gasteiger charge is -2.27. The molecule has 2 aromatic rings. The fraction of sp³-hybridized carbons (Fsp3) is 0.471. The second-order valence-electron chi connectivity index (χ2n) is 18.9. The van der Waals surface area contributed by atoms with Gasteiger partial charge < -0.3 is 25.2 Å². The van der Waals surface area contributed by atoms with Gasteiger partial charge >= 0.3 is 5.92 Å². The number of allylic oxidation sites excluding steroid dienone is 10. The van der Waals surface area contributed by atoms with Gasteiger partial charge in [-0.25, -0.2) is 8.78 Å². The van der Waals surface area contributed by atoms with Crippen LogP contribution in [-0.2, 0) is 35.3 Å². The topological polar surface area (TPSA) is 156 Å².